The van der Waals surface area contributed by atoms with Gasteiger partial charge in [0.2, 0.25) is 0 Å². The average molecular weight is 230 g/mol. The second kappa shape index (κ2) is 6.33. The van der Waals surface area contributed by atoms with Crippen LogP contribution in [0, 0.1) is 17.3 Å². The van der Waals surface area contributed by atoms with E-state index in [0.717, 1.165) is 0 Å². The van der Waals surface area contributed by atoms with Gasteiger partial charge in [0.15, 0.2) is 0 Å². The molecule has 0 saturated carbocycles. The van der Waals surface area contributed by atoms with Crippen molar-refractivity contribution >= 4 is 11.8 Å². The van der Waals surface area contributed by atoms with Gasteiger partial charge >= 0.3 is 5.97 Å². The molecule has 0 bridgehead atoms. The van der Waals surface area contributed by atoms with Crippen molar-refractivity contribution in [2.24, 2.45) is 5.73 Å². The van der Waals surface area contributed by atoms with E-state index in [1.54, 1.807) is 31.2 Å². The lowest BCUT2D eigenvalue weighted by molar-refractivity contribution is -0.141. The van der Waals surface area contributed by atoms with Crippen LogP contribution in [0.2, 0.25) is 0 Å². The number of carbonyl (C=O) groups is 1. The van der Waals surface area contributed by atoms with E-state index < -0.39 is 0 Å². The van der Waals surface area contributed by atoms with Crippen molar-refractivity contribution in [3.8, 4) is 11.8 Å². The smallest absolute Gasteiger partial charge is 0.317 e. The van der Waals surface area contributed by atoms with Gasteiger partial charge in [0, 0.05) is 11.1 Å². The van der Waals surface area contributed by atoms with E-state index in [4.69, 9.17) is 15.9 Å². The number of amidine groups is 1. The lowest BCUT2D eigenvalue weighted by Gasteiger charge is -2.00. The van der Waals surface area contributed by atoms with Gasteiger partial charge in [-0.3, -0.25) is 10.2 Å². The van der Waals surface area contributed by atoms with Gasteiger partial charge in [-0.25, -0.2) is 0 Å². The van der Waals surface area contributed by atoms with Crippen LogP contribution >= 0.6 is 0 Å². The van der Waals surface area contributed by atoms with Gasteiger partial charge in [-0.1, -0.05) is 30.0 Å². The first kappa shape index (κ1) is 12.8. The zero-order valence-corrected chi connectivity index (χ0v) is 9.62. The quantitative estimate of drug-likeness (QED) is 0.355. The van der Waals surface area contributed by atoms with E-state index >= 15 is 0 Å². The predicted molar refractivity (Wildman–Crippen MR) is 65.6 cm³/mol. The van der Waals surface area contributed by atoms with E-state index in [9.17, 15) is 4.79 Å². The Morgan fingerprint density at radius 2 is 2.18 bits per heavy atom. The fraction of sp³-hybridized carbons (Fsp3) is 0.231. The number of nitrogens with one attached hydrogen (secondary N) is 1. The van der Waals surface area contributed by atoms with Crippen LogP contribution in [0.5, 0.6) is 0 Å². The van der Waals surface area contributed by atoms with Crippen LogP contribution in [-0.2, 0) is 9.53 Å². The first-order valence-corrected chi connectivity index (χ1v) is 5.23. The van der Waals surface area contributed by atoms with Crippen LogP contribution < -0.4 is 5.73 Å². The number of hydrogen-bond acceptors (Lipinski definition) is 3. The summed E-state index contributed by atoms with van der Waals surface area (Å²) < 4.78 is 4.75. The molecule has 88 valence electrons. The molecular weight excluding hydrogens is 216 g/mol. The Kier molecular flexibility index (Phi) is 4.77. The number of nitrogen functional groups attached to an aromatic ring is 1. The van der Waals surface area contributed by atoms with E-state index in [1.165, 1.54) is 0 Å². The van der Waals surface area contributed by atoms with Gasteiger partial charge in [0.05, 0.1) is 6.61 Å². The molecule has 0 atom stereocenters. The second-order valence-electron chi connectivity index (χ2n) is 3.24. The predicted octanol–water partition coefficient (Wildman–Crippen LogP) is 1.28. The van der Waals surface area contributed by atoms with Gasteiger partial charge < -0.3 is 10.5 Å². The number of nitrogens with two attached hydrogens (primary N) is 1. The SMILES string of the molecule is CCOC(=O)CC#Cc1ccccc1C(=N)N. The average Bonchev–Trinajstić information content (AvgIpc) is 2.30. The first-order valence-electron chi connectivity index (χ1n) is 5.23. The highest BCUT2D eigenvalue weighted by atomic mass is 16.5. The van der Waals surface area contributed by atoms with Crippen molar-refractivity contribution in [1.82, 2.24) is 0 Å². The minimum Gasteiger partial charge on any atom is -0.465 e. The summed E-state index contributed by atoms with van der Waals surface area (Å²) in [5.41, 5.74) is 6.63. The molecule has 3 N–H and O–H groups in total. The molecule has 0 fully saturated rings. The van der Waals surface area contributed by atoms with Gasteiger partial charge in [-0.2, -0.15) is 0 Å². The van der Waals surface area contributed by atoms with Crippen molar-refractivity contribution in [2.45, 2.75) is 13.3 Å². The molecule has 1 aromatic carbocycles. The summed E-state index contributed by atoms with van der Waals surface area (Å²) in [6.07, 6.45) is 0.0417. The van der Waals surface area contributed by atoms with Crippen molar-refractivity contribution in [2.75, 3.05) is 6.61 Å². The molecule has 4 heteroatoms. The highest BCUT2D eigenvalue weighted by molar-refractivity contribution is 5.97. The molecule has 0 aliphatic rings. The maximum atomic E-state index is 11.1. The standard InChI is InChI=1S/C13H14N2O2/c1-2-17-12(16)9-5-7-10-6-3-4-8-11(10)13(14)15/h3-4,6,8H,2,9H2,1H3,(H3,14,15). The van der Waals surface area contributed by atoms with E-state index in [-0.39, 0.29) is 18.2 Å². The lowest BCUT2D eigenvalue weighted by Crippen LogP contribution is -2.12. The highest BCUT2D eigenvalue weighted by Crippen LogP contribution is 2.05. The minimum absolute atomic E-state index is 0.0361. The molecule has 0 radical (unpaired) electrons. The Labute approximate surface area is 100 Å². The molecule has 0 aliphatic carbocycles. The zero-order chi connectivity index (χ0) is 12.7. The molecule has 0 aromatic heterocycles. The third kappa shape index (κ3) is 3.99. The van der Waals surface area contributed by atoms with E-state index in [1.807, 2.05) is 0 Å². The van der Waals surface area contributed by atoms with Crippen LogP contribution in [0.25, 0.3) is 0 Å². The third-order valence-electron chi connectivity index (χ3n) is 1.98. The first-order chi connectivity index (χ1) is 8.15. The Morgan fingerprint density at radius 1 is 1.47 bits per heavy atom. The number of benzene rings is 1. The number of ether oxygens (including phenoxy) is 1. The maximum absolute atomic E-state index is 11.1. The normalized spacial score (nSPS) is 9.00. The highest BCUT2D eigenvalue weighted by Gasteiger charge is 2.01. The maximum Gasteiger partial charge on any atom is 0.317 e. The largest absolute Gasteiger partial charge is 0.465 e. The summed E-state index contributed by atoms with van der Waals surface area (Å²) in [6, 6.07) is 7.07. The van der Waals surface area contributed by atoms with Crippen molar-refractivity contribution in [3.05, 3.63) is 35.4 Å². The molecule has 0 saturated heterocycles. The molecule has 0 heterocycles. The summed E-state index contributed by atoms with van der Waals surface area (Å²) in [7, 11) is 0. The third-order valence-corrected chi connectivity index (χ3v) is 1.98. The molecular formula is C13H14N2O2. The molecule has 0 aliphatic heterocycles. The van der Waals surface area contributed by atoms with Crippen LogP contribution in [0.15, 0.2) is 24.3 Å². The van der Waals surface area contributed by atoms with Gasteiger partial charge in [-0.05, 0) is 13.0 Å². The van der Waals surface area contributed by atoms with Crippen molar-refractivity contribution in [1.29, 1.82) is 5.41 Å². The molecule has 0 unspecified atom stereocenters. The van der Waals surface area contributed by atoms with Crippen LogP contribution in [-0.4, -0.2) is 18.4 Å². The molecule has 0 spiro atoms. The Hall–Kier alpha value is -2.28. The molecule has 1 aromatic rings. The monoisotopic (exact) mass is 230 g/mol. The number of rotatable bonds is 3. The molecule has 17 heavy (non-hydrogen) atoms. The fourth-order valence-corrected chi connectivity index (χ4v) is 1.25. The van der Waals surface area contributed by atoms with Gasteiger partial charge in [0.1, 0.15) is 12.3 Å². The molecule has 1 rings (SSSR count). The van der Waals surface area contributed by atoms with Gasteiger partial charge in [0.25, 0.3) is 0 Å². The van der Waals surface area contributed by atoms with Crippen LogP contribution in [0.4, 0.5) is 0 Å². The Balaban J connectivity index is 2.78. The van der Waals surface area contributed by atoms with Crippen LogP contribution in [0.3, 0.4) is 0 Å². The topological polar surface area (TPSA) is 76.2 Å². The number of hydrogen-bond donors (Lipinski definition) is 2. The van der Waals surface area contributed by atoms with Crippen molar-refractivity contribution < 1.29 is 9.53 Å². The second-order valence-corrected chi connectivity index (χ2v) is 3.24. The van der Waals surface area contributed by atoms with Gasteiger partial charge in [-0.15, -0.1) is 0 Å². The summed E-state index contributed by atoms with van der Waals surface area (Å²) in [6.45, 7) is 2.10. The number of esters is 1. The zero-order valence-electron chi connectivity index (χ0n) is 9.62. The Bertz CT molecular complexity index is 484. The molecule has 4 nitrogen and oxygen atoms in total. The van der Waals surface area contributed by atoms with E-state index in [0.29, 0.717) is 17.7 Å². The minimum atomic E-state index is -0.347. The van der Waals surface area contributed by atoms with Crippen LogP contribution in [0.1, 0.15) is 24.5 Å². The van der Waals surface area contributed by atoms with Crippen molar-refractivity contribution in [3.63, 3.8) is 0 Å². The summed E-state index contributed by atoms with van der Waals surface area (Å²) >= 11 is 0. The summed E-state index contributed by atoms with van der Waals surface area (Å²) in [4.78, 5) is 11.1. The number of carbonyl (C=O) groups excluding carboxylic acids is 1. The molecule has 0 amide bonds. The lowest BCUT2D eigenvalue weighted by atomic mass is 10.1. The van der Waals surface area contributed by atoms with E-state index in [2.05, 4.69) is 11.8 Å². The Morgan fingerprint density at radius 3 is 2.82 bits per heavy atom. The fourth-order valence-electron chi connectivity index (χ4n) is 1.25. The summed E-state index contributed by atoms with van der Waals surface area (Å²) in [5, 5.41) is 7.38. The summed E-state index contributed by atoms with van der Waals surface area (Å²) in [5.74, 6) is 5.13.